The maximum atomic E-state index is 13.5. The van der Waals surface area contributed by atoms with Gasteiger partial charge in [-0.2, -0.15) is 0 Å². The van der Waals surface area contributed by atoms with Crippen molar-refractivity contribution in [2.75, 3.05) is 7.11 Å². The molecule has 29 heavy (non-hydrogen) atoms. The fraction of sp³-hybridized carbons (Fsp3) is 0.381. The van der Waals surface area contributed by atoms with Crippen LogP contribution < -0.4 is 0 Å². The third-order valence-corrected chi connectivity index (χ3v) is 6.99. The lowest BCUT2D eigenvalue weighted by molar-refractivity contribution is -0.129. The van der Waals surface area contributed by atoms with Crippen LogP contribution in [0.4, 0.5) is 0 Å². The fourth-order valence-corrected chi connectivity index (χ4v) is 5.64. The Labute approximate surface area is 180 Å². The van der Waals surface area contributed by atoms with Crippen LogP contribution >= 0.6 is 23.2 Å². The summed E-state index contributed by atoms with van der Waals surface area (Å²) in [7, 11) is -0.824. The molecule has 2 aliphatic carbocycles. The first-order valence-corrected chi connectivity index (χ1v) is 13.4. The summed E-state index contributed by atoms with van der Waals surface area (Å²) >= 11 is 13.3. The molecule has 0 aromatic heterocycles. The summed E-state index contributed by atoms with van der Waals surface area (Å²) in [6.45, 7) is 5.94. The minimum absolute atomic E-state index is 0.000922. The number of rotatable bonds is 4. The zero-order chi connectivity index (χ0) is 21.6. The highest BCUT2D eigenvalue weighted by atomic mass is 35.5. The van der Waals surface area contributed by atoms with Crippen LogP contribution in [0.5, 0.6) is 0 Å². The van der Waals surface area contributed by atoms with Crippen LogP contribution in [-0.2, 0) is 18.8 Å². The standard InChI is InChI=1S/C21H22Cl2O5Si/c1-27-20(26)13-9-6-5-8-12(13)16-17(22)19(25)21(23)14(18(16)24)10-7-11-15(21)28-29(2,3)4/h5-9,11,14-15H,10H2,1-4H3/t14?,15-,21?/m1/s1. The molecular weight excluding hydrogens is 431 g/mol. The number of allylic oxidation sites excluding steroid dienone is 3. The van der Waals surface area contributed by atoms with Gasteiger partial charge in [-0.05, 0) is 32.1 Å². The second-order valence-electron chi connectivity index (χ2n) is 8.05. The quantitative estimate of drug-likeness (QED) is 0.294. The van der Waals surface area contributed by atoms with Crippen molar-refractivity contribution < 1.29 is 23.5 Å². The smallest absolute Gasteiger partial charge is 0.338 e. The molecular formula is C21H22Cl2O5Si. The molecule has 5 nitrogen and oxygen atoms in total. The van der Waals surface area contributed by atoms with Gasteiger partial charge in [-0.25, -0.2) is 4.79 Å². The Morgan fingerprint density at radius 1 is 1.21 bits per heavy atom. The topological polar surface area (TPSA) is 69.7 Å². The van der Waals surface area contributed by atoms with Gasteiger partial charge in [-0.1, -0.05) is 42.0 Å². The Bertz CT molecular complexity index is 947. The molecule has 0 bridgehead atoms. The van der Waals surface area contributed by atoms with Crippen LogP contribution in [0.2, 0.25) is 19.6 Å². The summed E-state index contributed by atoms with van der Waals surface area (Å²) in [5.41, 5.74) is 0.423. The lowest BCUT2D eigenvalue weighted by Crippen LogP contribution is -2.59. The van der Waals surface area contributed by atoms with E-state index in [-0.39, 0.29) is 33.9 Å². The molecule has 8 heteroatoms. The van der Waals surface area contributed by atoms with Gasteiger partial charge in [-0.3, -0.25) is 9.59 Å². The highest BCUT2D eigenvalue weighted by Crippen LogP contribution is 2.49. The molecule has 0 amide bonds. The monoisotopic (exact) mass is 452 g/mol. The average Bonchev–Trinajstić information content (AvgIpc) is 2.66. The molecule has 154 valence electrons. The first kappa shape index (κ1) is 22.0. The molecule has 0 spiro atoms. The number of halogens is 2. The van der Waals surface area contributed by atoms with Crippen molar-refractivity contribution in [1.29, 1.82) is 0 Å². The lowest BCUT2D eigenvalue weighted by atomic mass is 9.68. The van der Waals surface area contributed by atoms with Gasteiger partial charge in [0.15, 0.2) is 19.9 Å². The Morgan fingerprint density at radius 2 is 1.86 bits per heavy atom. The summed E-state index contributed by atoms with van der Waals surface area (Å²) in [6.07, 6.45) is 3.08. The third-order valence-electron chi connectivity index (χ3n) is 5.02. The lowest BCUT2D eigenvalue weighted by Gasteiger charge is -2.45. The van der Waals surface area contributed by atoms with Gasteiger partial charge in [0.25, 0.3) is 0 Å². The summed E-state index contributed by atoms with van der Waals surface area (Å²) in [4.78, 5) is 37.4. The summed E-state index contributed by atoms with van der Waals surface area (Å²) < 4.78 is 10.9. The van der Waals surface area contributed by atoms with E-state index >= 15 is 0 Å². The zero-order valence-corrected chi connectivity index (χ0v) is 19.1. The zero-order valence-electron chi connectivity index (χ0n) is 16.6. The fourth-order valence-electron chi connectivity index (χ4n) is 3.74. The molecule has 2 aliphatic rings. The molecule has 0 N–H and O–H groups in total. The maximum Gasteiger partial charge on any atom is 0.338 e. The molecule has 0 radical (unpaired) electrons. The van der Waals surface area contributed by atoms with E-state index in [4.69, 9.17) is 32.4 Å². The number of hydrogen-bond acceptors (Lipinski definition) is 5. The van der Waals surface area contributed by atoms with Gasteiger partial charge in [0.1, 0.15) is 4.87 Å². The number of hydrogen-bond donors (Lipinski definition) is 0. The second kappa shape index (κ2) is 7.83. The highest BCUT2D eigenvalue weighted by molar-refractivity contribution is 6.70. The highest BCUT2D eigenvalue weighted by Gasteiger charge is 2.59. The van der Waals surface area contributed by atoms with Crippen molar-refractivity contribution in [2.24, 2.45) is 5.92 Å². The SMILES string of the molecule is COC(=O)c1ccccc1C1=C(Cl)C(=O)C2(Cl)C(CC=C[C@H]2O[Si](C)(C)C)C1=O. The molecule has 2 unspecified atom stereocenters. The van der Waals surface area contributed by atoms with Gasteiger partial charge < -0.3 is 9.16 Å². The number of Topliss-reactive ketones (excluding diaryl/α,β-unsaturated/α-hetero) is 2. The van der Waals surface area contributed by atoms with Gasteiger partial charge >= 0.3 is 5.97 Å². The van der Waals surface area contributed by atoms with E-state index in [1.54, 1.807) is 24.3 Å². The van der Waals surface area contributed by atoms with E-state index in [0.29, 0.717) is 0 Å². The summed E-state index contributed by atoms with van der Waals surface area (Å²) in [5.74, 6) is -2.41. The van der Waals surface area contributed by atoms with Gasteiger partial charge in [0.2, 0.25) is 0 Å². The number of ether oxygens (including phenoxy) is 1. The number of fused-ring (bicyclic) bond motifs is 1. The largest absolute Gasteiger partial charge is 0.465 e. The summed E-state index contributed by atoms with van der Waals surface area (Å²) in [6, 6.07) is 6.41. The molecule has 0 fully saturated rings. The van der Waals surface area contributed by atoms with Crippen LogP contribution in [0, 0.1) is 5.92 Å². The molecule has 1 aromatic rings. The van der Waals surface area contributed by atoms with Crippen LogP contribution in [0.15, 0.2) is 41.4 Å². The van der Waals surface area contributed by atoms with Crippen molar-refractivity contribution in [3.8, 4) is 0 Å². The normalized spacial score (nSPS) is 27.1. The minimum Gasteiger partial charge on any atom is -0.465 e. The van der Waals surface area contributed by atoms with E-state index < -0.39 is 37.0 Å². The average molecular weight is 453 g/mol. The van der Waals surface area contributed by atoms with E-state index in [0.717, 1.165) is 0 Å². The molecule has 1 aromatic carbocycles. The predicted octanol–water partition coefficient (Wildman–Crippen LogP) is 4.35. The predicted molar refractivity (Wildman–Crippen MR) is 115 cm³/mol. The van der Waals surface area contributed by atoms with Crippen LogP contribution in [0.25, 0.3) is 5.57 Å². The van der Waals surface area contributed by atoms with Gasteiger partial charge in [0, 0.05) is 11.1 Å². The maximum absolute atomic E-state index is 13.5. The Morgan fingerprint density at radius 3 is 2.48 bits per heavy atom. The molecule has 0 aliphatic heterocycles. The summed E-state index contributed by atoms with van der Waals surface area (Å²) in [5, 5.41) is -0.280. The van der Waals surface area contributed by atoms with E-state index in [1.165, 1.54) is 13.2 Å². The Balaban J connectivity index is 2.17. The van der Waals surface area contributed by atoms with Crippen molar-refractivity contribution >= 4 is 54.6 Å². The van der Waals surface area contributed by atoms with Gasteiger partial charge in [0.05, 0.1) is 29.7 Å². The first-order valence-electron chi connectivity index (χ1n) is 9.22. The van der Waals surface area contributed by atoms with Crippen molar-refractivity contribution in [3.05, 3.63) is 52.6 Å². The van der Waals surface area contributed by atoms with E-state index in [1.807, 2.05) is 25.7 Å². The molecule has 0 saturated carbocycles. The first-order chi connectivity index (χ1) is 13.5. The van der Waals surface area contributed by atoms with Crippen LogP contribution in [-0.4, -0.2) is 43.9 Å². The van der Waals surface area contributed by atoms with Crippen molar-refractivity contribution in [2.45, 2.75) is 37.0 Å². The van der Waals surface area contributed by atoms with Crippen molar-refractivity contribution in [3.63, 3.8) is 0 Å². The molecule has 3 atom stereocenters. The van der Waals surface area contributed by atoms with E-state index in [9.17, 15) is 14.4 Å². The third kappa shape index (κ3) is 3.75. The number of alkyl halides is 1. The Kier molecular flexibility index (Phi) is 5.93. The number of ketones is 2. The second-order valence-corrected chi connectivity index (χ2v) is 13.5. The number of carbonyl (C=O) groups excluding carboxylic acids is 3. The molecule has 3 rings (SSSR count). The Hall–Kier alpha value is -1.73. The van der Waals surface area contributed by atoms with E-state index in [2.05, 4.69) is 0 Å². The van der Waals surface area contributed by atoms with Crippen LogP contribution in [0.3, 0.4) is 0 Å². The number of carbonyl (C=O) groups is 3. The molecule has 0 heterocycles. The minimum atomic E-state index is -2.07. The number of methoxy groups -OCH3 is 1. The van der Waals surface area contributed by atoms with Crippen molar-refractivity contribution in [1.82, 2.24) is 0 Å². The van der Waals surface area contributed by atoms with Gasteiger partial charge in [-0.15, -0.1) is 11.6 Å². The van der Waals surface area contributed by atoms with Crippen LogP contribution in [0.1, 0.15) is 22.3 Å². The molecule has 0 saturated heterocycles. The number of esters is 1. The number of benzene rings is 1.